The third-order valence-electron chi connectivity index (χ3n) is 1.54. The summed E-state index contributed by atoms with van der Waals surface area (Å²) in [5.74, 6) is -2.71. The lowest BCUT2D eigenvalue weighted by Gasteiger charge is -2.07. The van der Waals surface area contributed by atoms with E-state index in [9.17, 15) is 9.59 Å². The van der Waals surface area contributed by atoms with Gasteiger partial charge in [-0.2, -0.15) is 0 Å². The maximum atomic E-state index is 9.77. The first-order valence-electron chi connectivity index (χ1n) is 4.76. The van der Waals surface area contributed by atoms with Crippen LogP contribution in [0.25, 0.3) is 0 Å². The highest BCUT2D eigenvalue weighted by molar-refractivity contribution is 6.17. The molecule has 0 saturated heterocycles. The predicted molar refractivity (Wildman–Crippen MR) is 57.5 cm³/mol. The van der Waals surface area contributed by atoms with Crippen LogP contribution in [0.5, 0.6) is 0 Å². The molecule has 0 aromatic rings. The topological polar surface area (TPSA) is 115 Å². The minimum Gasteiger partial charge on any atom is -0.479 e. The van der Waals surface area contributed by atoms with Gasteiger partial charge in [0.2, 0.25) is 0 Å². The minimum absolute atomic E-state index is 0.827. The summed E-state index contributed by atoms with van der Waals surface area (Å²) in [5.41, 5.74) is 0. The first-order chi connectivity index (χ1) is 7.38. The van der Waals surface area contributed by atoms with Crippen molar-refractivity contribution >= 4 is 23.5 Å². The van der Waals surface area contributed by atoms with Crippen molar-refractivity contribution in [2.45, 2.75) is 38.4 Å². The van der Waals surface area contributed by atoms with Crippen LogP contribution in [0.1, 0.15) is 26.2 Å². The monoisotopic (exact) mass is 256 g/mol. The molecule has 6 nitrogen and oxygen atoms in total. The molecule has 0 aromatic carbocycles. The molecule has 0 fully saturated rings. The number of halogens is 1. The Morgan fingerprint density at radius 2 is 1.44 bits per heavy atom. The zero-order chi connectivity index (χ0) is 13.1. The lowest BCUT2D eigenvalue weighted by molar-refractivity contribution is -0.165. The summed E-state index contributed by atoms with van der Waals surface area (Å²) in [7, 11) is 0. The Balaban J connectivity index is 0. The van der Waals surface area contributed by atoms with Crippen molar-refractivity contribution in [3.05, 3.63) is 0 Å². The molecule has 0 aliphatic rings. The van der Waals surface area contributed by atoms with Crippen LogP contribution in [0.15, 0.2) is 0 Å². The molecular weight excluding hydrogens is 240 g/mol. The standard InChI is InChI=1S/C5H11Cl.C4H6O6/c1-2-3-4-5-6;5-1(3(7)8)2(6)4(9)10/h2-5H2,1H3;1-2,5-6H,(H,7,8)(H,9,10). The van der Waals surface area contributed by atoms with E-state index in [2.05, 4.69) is 6.92 Å². The van der Waals surface area contributed by atoms with Gasteiger partial charge in [-0.3, -0.25) is 0 Å². The molecule has 0 aliphatic carbocycles. The fourth-order valence-corrected chi connectivity index (χ4v) is 0.804. The Kier molecular flexibility index (Phi) is 11.7. The number of unbranched alkanes of at least 4 members (excludes halogenated alkanes) is 2. The summed E-state index contributed by atoms with van der Waals surface area (Å²) < 4.78 is 0. The third-order valence-corrected chi connectivity index (χ3v) is 1.81. The smallest absolute Gasteiger partial charge is 0.335 e. The van der Waals surface area contributed by atoms with E-state index in [1.165, 1.54) is 19.3 Å². The lowest BCUT2D eigenvalue weighted by atomic mass is 10.2. The van der Waals surface area contributed by atoms with Gasteiger partial charge in [-0.05, 0) is 6.42 Å². The fraction of sp³-hybridized carbons (Fsp3) is 0.778. The van der Waals surface area contributed by atoms with Gasteiger partial charge in [0.05, 0.1) is 0 Å². The summed E-state index contributed by atoms with van der Waals surface area (Å²) in [5, 5.41) is 32.5. The fourth-order valence-electron chi connectivity index (χ4n) is 0.615. The van der Waals surface area contributed by atoms with E-state index in [1.807, 2.05) is 0 Å². The highest BCUT2D eigenvalue weighted by Gasteiger charge is 2.29. The Bertz CT molecular complexity index is 186. The van der Waals surface area contributed by atoms with Crippen LogP contribution in [-0.2, 0) is 9.59 Å². The lowest BCUT2D eigenvalue weighted by Crippen LogP contribution is -2.39. The maximum Gasteiger partial charge on any atom is 0.335 e. The van der Waals surface area contributed by atoms with Crippen molar-refractivity contribution in [1.29, 1.82) is 0 Å². The van der Waals surface area contributed by atoms with Gasteiger partial charge >= 0.3 is 11.9 Å². The van der Waals surface area contributed by atoms with Crippen LogP contribution < -0.4 is 0 Å². The number of carboxylic acid groups (broad SMARTS) is 2. The van der Waals surface area contributed by atoms with E-state index in [4.69, 9.17) is 32.0 Å². The van der Waals surface area contributed by atoms with Crippen LogP contribution in [0.3, 0.4) is 0 Å². The molecule has 2 atom stereocenters. The summed E-state index contributed by atoms with van der Waals surface area (Å²) in [4.78, 5) is 19.5. The van der Waals surface area contributed by atoms with Crippen molar-refractivity contribution in [2.24, 2.45) is 0 Å². The van der Waals surface area contributed by atoms with Crippen LogP contribution in [0.2, 0.25) is 0 Å². The minimum atomic E-state index is -2.27. The van der Waals surface area contributed by atoms with Gasteiger partial charge in [0.15, 0.2) is 12.2 Å². The van der Waals surface area contributed by atoms with Crippen molar-refractivity contribution in [3.8, 4) is 0 Å². The van der Waals surface area contributed by atoms with E-state index < -0.39 is 24.1 Å². The summed E-state index contributed by atoms with van der Waals surface area (Å²) in [6.07, 6.45) is -0.802. The van der Waals surface area contributed by atoms with Gasteiger partial charge in [0.1, 0.15) is 0 Å². The van der Waals surface area contributed by atoms with Crippen molar-refractivity contribution in [2.75, 3.05) is 5.88 Å². The molecule has 96 valence electrons. The number of rotatable bonds is 6. The SMILES string of the molecule is CCCCCCl.O=C(O)C(O)C(O)C(=O)O. The van der Waals surface area contributed by atoms with Crippen molar-refractivity contribution in [3.63, 3.8) is 0 Å². The Morgan fingerprint density at radius 1 is 1.06 bits per heavy atom. The summed E-state index contributed by atoms with van der Waals surface area (Å²) >= 11 is 5.38. The van der Waals surface area contributed by atoms with Crippen LogP contribution in [0.4, 0.5) is 0 Å². The number of aliphatic carboxylic acids is 2. The summed E-state index contributed by atoms with van der Waals surface area (Å²) in [6.45, 7) is 2.17. The third kappa shape index (κ3) is 9.70. The van der Waals surface area contributed by atoms with E-state index in [1.54, 1.807) is 0 Å². The zero-order valence-electron chi connectivity index (χ0n) is 8.97. The van der Waals surface area contributed by atoms with Crippen molar-refractivity contribution in [1.82, 2.24) is 0 Å². The molecular formula is C9H17ClO6. The molecule has 0 aromatic heterocycles. The van der Waals surface area contributed by atoms with Crippen molar-refractivity contribution < 1.29 is 30.0 Å². The van der Waals surface area contributed by atoms with E-state index >= 15 is 0 Å². The Hall–Kier alpha value is -0.850. The number of hydrogen-bond donors (Lipinski definition) is 4. The molecule has 0 aliphatic heterocycles. The molecule has 0 amide bonds. The number of aliphatic hydroxyl groups is 2. The van der Waals surface area contributed by atoms with E-state index in [-0.39, 0.29) is 0 Å². The first-order valence-corrected chi connectivity index (χ1v) is 5.29. The molecule has 0 spiro atoms. The second-order valence-corrected chi connectivity index (χ2v) is 3.34. The number of hydrogen-bond acceptors (Lipinski definition) is 4. The van der Waals surface area contributed by atoms with Gasteiger partial charge in [-0.25, -0.2) is 9.59 Å². The second kappa shape index (κ2) is 10.7. The number of carbonyl (C=O) groups is 2. The quantitative estimate of drug-likeness (QED) is 0.401. The number of carboxylic acids is 2. The molecule has 0 heterocycles. The molecule has 0 radical (unpaired) electrons. The van der Waals surface area contributed by atoms with Gasteiger partial charge in [-0.15, -0.1) is 11.6 Å². The van der Waals surface area contributed by atoms with E-state index in [0.717, 1.165) is 5.88 Å². The van der Waals surface area contributed by atoms with Crippen LogP contribution in [-0.4, -0.2) is 50.5 Å². The summed E-state index contributed by atoms with van der Waals surface area (Å²) in [6, 6.07) is 0. The molecule has 0 saturated carbocycles. The molecule has 0 rings (SSSR count). The highest BCUT2D eigenvalue weighted by atomic mass is 35.5. The molecule has 7 heteroatoms. The molecule has 4 N–H and O–H groups in total. The maximum absolute atomic E-state index is 9.77. The number of aliphatic hydroxyl groups excluding tert-OH is 2. The Morgan fingerprint density at radius 3 is 1.56 bits per heavy atom. The molecule has 16 heavy (non-hydrogen) atoms. The van der Waals surface area contributed by atoms with Gasteiger partial charge in [-0.1, -0.05) is 19.8 Å². The van der Waals surface area contributed by atoms with Gasteiger partial charge < -0.3 is 20.4 Å². The predicted octanol–water partition coefficient (Wildman–Crippen LogP) is 0.293. The second-order valence-electron chi connectivity index (χ2n) is 2.96. The number of alkyl halides is 1. The van der Waals surface area contributed by atoms with Gasteiger partial charge in [0, 0.05) is 5.88 Å². The van der Waals surface area contributed by atoms with Gasteiger partial charge in [0.25, 0.3) is 0 Å². The first kappa shape index (κ1) is 17.5. The zero-order valence-corrected chi connectivity index (χ0v) is 9.72. The van der Waals surface area contributed by atoms with Crippen LogP contribution >= 0.6 is 11.6 Å². The Labute approximate surface area is 98.5 Å². The molecule has 0 bridgehead atoms. The molecule has 2 unspecified atom stereocenters. The normalized spacial score (nSPS) is 13.2. The van der Waals surface area contributed by atoms with E-state index in [0.29, 0.717) is 0 Å². The van der Waals surface area contributed by atoms with Crippen LogP contribution in [0, 0.1) is 0 Å². The largest absolute Gasteiger partial charge is 0.479 e. The average Bonchev–Trinajstić information content (AvgIpc) is 2.24. The average molecular weight is 257 g/mol. The highest BCUT2D eigenvalue weighted by Crippen LogP contribution is 1.94.